The summed E-state index contributed by atoms with van der Waals surface area (Å²) >= 11 is 0. The van der Waals surface area contributed by atoms with Gasteiger partial charge in [-0.05, 0) is 67.2 Å². The highest BCUT2D eigenvalue weighted by Gasteiger charge is 2.67. The molecule has 1 aromatic rings. The number of amides is 3. The molecule has 5 nitrogen and oxygen atoms in total. The molecule has 3 amide bonds. The summed E-state index contributed by atoms with van der Waals surface area (Å²) in [6, 6.07) is 7.09. The summed E-state index contributed by atoms with van der Waals surface area (Å²) in [5, 5.41) is 0. The van der Waals surface area contributed by atoms with Gasteiger partial charge in [0.05, 0.1) is 17.5 Å². The van der Waals surface area contributed by atoms with Crippen molar-refractivity contribution in [3.8, 4) is 0 Å². The molecule has 6 aliphatic rings. The van der Waals surface area contributed by atoms with Crippen molar-refractivity contribution in [2.45, 2.75) is 32.1 Å². The van der Waals surface area contributed by atoms with Crippen LogP contribution in [0.4, 0.5) is 5.69 Å². The highest BCUT2D eigenvalue weighted by molar-refractivity contribution is 6.22. The van der Waals surface area contributed by atoms with Gasteiger partial charge in [0.1, 0.15) is 0 Å². The van der Waals surface area contributed by atoms with Gasteiger partial charge in [-0.15, -0.1) is 0 Å². The zero-order valence-corrected chi connectivity index (χ0v) is 16.5. The maximum atomic E-state index is 13.2. The lowest BCUT2D eigenvalue weighted by Gasteiger charge is -2.37. The number of hydrogen-bond donors (Lipinski definition) is 0. The number of carbonyl (C=O) groups is 3. The molecule has 6 atom stereocenters. The molecule has 0 radical (unpaired) electrons. The monoisotopic (exact) mass is 390 g/mol. The first-order valence-electron chi connectivity index (χ1n) is 11.1. The summed E-state index contributed by atoms with van der Waals surface area (Å²) in [7, 11) is 0. The first-order valence-corrected chi connectivity index (χ1v) is 11.1. The van der Waals surface area contributed by atoms with E-state index in [9.17, 15) is 14.4 Å². The van der Waals surface area contributed by atoms with Crippen LogP contribution in [0.15, 0.2) is 36.4 Å². The van der Waals surface area contributed by atoms with Crippen molar-refractivity contribution in [2.75, 3.05) is 18.0 Å². The lowest BCUT2D eigenvalue weighted by atomic mass is 9.63. The molecule has 0 N–H and O–H groups in total. The van der Waals surface area contributed by atoms with Crippen LogP contribution < -0.4 is 4.90 Å². The molecule has 5 heteroatoms. The summed E-state index contributed by atoms with van der Waals surface area (Å²) < 4.78 is 0. The fourth-order valence-corrected chi connectivity index (χ4v) is 6.42. The van der Waals surface area contributed by atoms with Crippen molar-refractivity contribution in [3.05, 3.63) is 42.0 Å². The van der Waals surface area contributed by atoms with Crippen molar-refractivity contribution < 1.29 is 14.4 Å². The molecule has 4 fully saturated rings. The van der Waals surface area contributed by atoms with E-state index >= 15 is 0 Å². The van der Waals surface area contributed by atoms with Gasteiger partial charge in [0.2, 0.25) is 11.8 Å². The number of allylic oxidation sites excluding steroid dienone is 2. The average Bonchev–Trinajstić information content (AvgIpc) is 3.55. The summed E-state index contributed by atoms with van der Waals surface area (Å²) in [4.78, 5) is 42.6. The van der Waals surface area contributed by atoms with E-state index in [-0.39, 0.29) is 41.4 Å². The molecule has 0 spiro atoms. The minimum absolute atomic E-state index is 0.0451. The Hall–Kier alpha value is -2.43. The van der Waals surface area contributed by atoms with E-state index in [1.807, 2.05) is 4.90 Å². The summed E-state index contributed by atoms with van der Waals surface area (Å²) in [5.74, 6) is 1.29. The van der Waals surface area contributed by atoms with Gasteiger partial charge in [0.15, 0.2) is 0 Å². The zero-order chi connectivity index (χ0) is 19.7. The highest BCUT2D eigenvalue weighted by Crippen LogP contribution is 2.65. The molecule has 2 heterocycles. The van der Waals surface area contributed by atoms with Crippen LogP contribution in [0.1, 0.15) is 42.5 Å². The van der Waals surface area contributed by atoms with Crippen LogP contribution in [0.3, 0.4) is 0 Å². The van der Waals surface area contributed by atoms with Crippen LogP contribution in [0.25, 0.3) is 0 Å². The lowest BCUT2D eigenvalue weighted by molar-refractivity contribution is -0.124. The third-order valence-electron chi connectivity index (χ3n) is 7.93. The van der Waals surface area contributed by atoms with E-state index in [2.05, 4.69) is 12.2 Å². The first-order chi connectivity index (χ1) is 14.1. The predicted molar refractivity (Wildman–Crippen MR) is 108 cm³/mol. The Kier molecular flexibility index (Phi) is 3.78. The fourth-order valence-electron chi connectivity index (χ4n) is 6.42. The maximum Gasteiger partial charge on any atom is 0.253 e. The molecule has 2 aliphatic heterocycles. The minimum atomic E-state index is -0.181. The number of imide groups is 1. The third-order valence-corrected chi connectivity index (χ3v) is 7.93. The summed E-state index contributed by atoms with van der Waals surface area (Å²) in [5.41, 5.74) is 1.24. The van der Waals surface area contributed by atoms with Crippen LogP contribution in [0, 0.1) is 35.5 Å². The molecule has 2 saturated heterocycles. The second kappa shape index (κ2) is 6.28. The van der Waals surface area contributed by atoms with Crippen molar-refractivity contribution >= 4 is 23.4 Å². The highest BCUT2D eigenvalue weighted by atomic mass is 16.2. The van der Waals surface area contributed by atoms with E-state index in [1.54, 1.807) is 24.3 Å². The Morgan fingerprint density at radius 2 is 1.34 bits per heavy atom. The Bertz CT molecular complexity index is 877. The van der Waals surface area contributed by atoms with E-state index in [1.165, 1.54) is 24.2 Å². The van der Waals surface area contributed by atoms with Gasteiger partial charge in [0, 0.05) is 18.7 Å². The Labute approximate surface area is 170 Å². The Balaban J connectivity index is 1.24. The standard InChI is InChI=1S/C24H26N2O3/c27-22(25-11-3-1-2-4-12-25)14-5-7-15(8-6-14)26-23(28)20-16-9-10-17(19-13-18(16)19)21(20)24(26)29/h5-10,16-21H,1-4,11-13H2/t16-,17+,18-,19-,20+,21+/m1/s1. The topological polar surface area (TPSA) is 57.7 Å². The van der Waals surface area contributed by atoms with Crippen LogP contribution in [-0.2, 0) is 9.59 Å². The van der Waals surface area contributed by atoms with Crippen molar-refractivity contribution in [2.24, 2.45) is 35.5 Å². The molecule has 150 valence electrons. The smallest absolute Gasteiger partial charge is 0.253 e. The number of anilines is 1. The Morgan fingerprint density at radius 3 is 1.90 bits per heavy atom. The van der Waals surface area contributed by atoms with Gasteiger partial charge in [-0.25, -0.2) is 0 Å². The van der Waals surface area contributed by atoms with Crippen LogP contribution in [0.2, 0.25) is 0 Å². The van der Waals surface area contributed by atoms with Gasteiger partial charge < -0.3 is 4.90 Å². The van der Waals surface area contributed by atoms with E-state index < -0.39 is 0 Å². The van der Waals surface area contributed by atoms with Crippen LogP contribution >= 0.6 is 0 Å². The number of likely N-dealkylation sites (tertiary alicyclic amines) is 1. The molecular weight excluding hydrogens is 364 g/mol. The van der Waals surface area contributed by atoms with Gasteiger partial charge in [-0.2, -0.15) is 0 Å². The van der Waals surface area contributed by atoms with Crippen LogP contribution in [0.5, 0.6) is 0 Å². The minimum Gasteiger partial charge on any atom is -0.339 e. The van der Waals surface area contributed by atoms with Gasteiger partial charge in [-0.3, -0.25) is 19.3 Å². The largest absolute Gasteiger partial charge is 0.339 e. The molecule has 0 aromatic heterocycles. The SMILES string of the molecule is O=C(c1ccc(N2C(=O)[C@H]3[C@@H]4C=C[C@@H]([C@H]5C[C@H]45)[C@@H]3C2=O)cc1)N1CCCCCC1. The molecule has 2 bridgehead atoms. The molecule has 7 rings (SSSR count). The van der Waals surface area contributed by atoms with Crippen LogP contribution in [-0.4, -0.2) is 35.7 Å². The molecule has 4 aliphatic carbocycles. The maximum absolute atomic E-state index is 13.2. The van der Waals surface area contributed by atoms with E-state index in [0.29, 0.717) is 23.1 Å². The average molecular weight is 390 g/mol. The molecule has 29 heavy (non-hydrogen) atoms. The fraction of sp³-hybridized carbons (Fsp3) is 0.542. The number of rotatable bonds is 2. The third kappa shape index (κ3) is 2.49. The second-order valence-corrected chi connectivity index (χ2v) is 9.42. The lowest BCUT2D eigenvalue weighted by Crippen LogP contribution is -2.40. The van der Waals surface area contributed by atoms with Gasteiger partial charge >= 0.3 is 0 Å². The van der Waals surface area contributed by atoms with Gasteiger partial charge in [-0.1, -0.05) is 25.0 Å². The van der Waals surface area contributed by atoms with E-state index in [0.717, 1.165) is 25.9 Å². The predicted octanol–water partition coefficient (Wildman–Crippen LogP) is 3.26. The quantitative estimate of drug-likeness (QED) is 0.575. The number of benzene rings is 1. The number of hydrogen-bond acceptors (Lipinski definition) is 3. The number of carbonyl (C=O) groups excluding carboxylic acids is 3. The summed E-state index contributed by atoms with van der Waals surface area (Å²) in [6.45, 7) is 1.62. The van der Waals surface area contributed by atoms with Gasteiger partial charge in [0.25, 0.3) is 5.91 Å². The molecular formula is C24H26N2O3. The normalized spacial score (nSPS) is 37.4. The molecule has 1 aromatic carbocycles. The summed E-state index contributed by atoms with van der Waals surface area (Å²) in [6.07, 6.45) is 10.0. The van der Waals surface area contributed by atoms with Crippen molar-refractivity contribution in [3.63, 3.8) is 0 Å². The molecule has 2 saturated carbocycles. The molecule has 0 unspecified atom stereocenters. The van der Waals surface area contributed by atoms with E-state index in [4.69, 9.17) is 0 Å². The first kappa shape index (κ1) is 17.4. The number of nitrogens with zero attached hydrogens (tertiary/aromatic N) is 2. The zero-order valence-electron chi connectivity index (χ0n) is 16.5. The van der Waals surface area contributed by atoms with Crippen molar-refractivity contribution in [1.82, 2.24) is 4.90 Å². The second-order valence-electron chi connectivity index (χ2n) is 9.42. The Morgan fingerprint density at radius 1 is 0.793 bits per heavy atom. The van der Waals surface area contributed by atoms with Crippen molar-refractivity contribution in [1.29, 1.82) is 0 Å².